The monoisotopic (exact) mass is 216 g/mol. The molecule has 0 spiro atoms. The standard InChI is InChI=1S/C10H10Cl2O/c1-8-3-2-4-9(7-8)13-6-5-10(11)12/h2-5,7H,6H2,1H3. The molecule has 0 N–H and O–H groups in total. The second-order valence-corrected chi connectivity index (χ2v) is 3.63. The molecule has 1 aromatic carbocycles. The van der Waals surface area contributed by atoms with Crippen molar-refractivity contribution in [3.05, 3.63) is 40.4 Å². The topological polar surface area (TPSA) is 9.23 Å². The number of halogens is 2. The van der Waals surface area contributed by atoms with Gasteiger partial charge in [-0.15, -0.1) is 0 Å². The van der Waals surface area contributed by atoms with Gasteiger partial charge in [-0.05, 0) is 30.7 Å². The maximum absolute atomic E-state index is 5.42. The largest absolute Gasteiger partial charge is 0.489 e. The summed E-state index contributed by atoms with van der Waals surface area (Å²) in [6.45, 7) is 2.41. The van der Waals surface area contributed by atoms with E-state index < -0.39 is 0 Å². The Labute approximate surface area is 87.9 Å². The summed E-state index contributed by atoms with van der Waals surface area (Å²) >= 11 is 10.8. The van der Waals surface area contributed by atoms with Crippen molar-refractivity contribution in [2.24, 2.45) is 0 Å². The molecule has 0 fully saturated rings. The minimum atomic E-state index is 0.229. The smallest absolute Gasteiger partial charge is 0.120 e. The van der Waals surface area contributed by atoms with Crippen molar-refractivity contribution in [3.63, 3.8) is 0 Å². The summed E-state index contributed by atoms with van der Waals surface area (Å²) in [4.78, 5) is 0. The first-order valence-electron chi connectivity index (χ1n) is 3.89. The molecule has 70 valence electrons. The molecule has 0 aliphatic carbocycles. The van der Waals surface area contributed by atoms with Crippen LogP contribution in [-0.4, -0.2) is 6.61 Å². The zero-order valence-electron chi connectivity index (χ0n) is 7.26. The van der Waals surface area contributed by atoms with Gasteiger partial charge in [-0.3, -0.25) is 0 Å². The van der Waals surface area contributed by atoms with Crippen LogP contribution in [0.3, 0.4) is 0 Å². The molecule has 1 nitrogen and oxygen atoms in total. The molecule has 0 aliphatic rings. The van der Waals surface area contributed by atoms with Crippen molar-refractivity contribution in [1.82, 2.24) is 0 Å². The second kappa shape index (κ2) is 5.15. The number of aryl methyl sites for hydroxylation is 1. The molecule has 0 atom stereocenters. The third kappa shape index (κ3) is 4.20. The quantitative estimate of drug-likeness (QED) is 0.750. The summed E-state index contributed by atoms with van der Waals surface area (Å²) in [6.07, 6.45) is 1.60. The van der Waals surface area contributed by atoms with E-state index in [1.54, 1.807) is 6.08 Å². The highest BCUT2D eigenvalue weighted by molar-refractivity contribution is 6.55. The van der Waals surface area contributed by atoms with Crippen molar-refractivity contribution >= 4 is 23.2 Å². The van der Waals surface area contributed by atoms with Crippen LogP contribution >= 0.6 is 23.2 Å². The van der Waals surface area contributed by atoms with E-state index >= 15 is 0 Å². The van der Waals surface area contributed by atoms with Crippen LogP contribution in [-0.2, 0) is 0 Å². The summed E-state index contributed by atoms with van der Waals surface area (Å²) in [7, 11) is 0. The number of hydrogen-bond donors (Lipinski definition) is 0. The average molecular weight is 217 g/mol. The highest BCUT2D eigenvalue weighted by Crippen LogP contribution is 2.13. The van der Waals surface area contributed by atoms with Gasteiger partial charge in [-0.2, -0.15) is 0 Å². The fraction of sp³-hybridized carbons (Fsp3) is 0.200. The van der Waals surface area contributed by atoms with Gasteiger partial charge in [0, 0.05) is 0 Å². The molecule has 0 saturated heterocycles. The molecule has 0 unspecified atom stereocenters. The summed E-state index contributed by atoms with van der Waals surface area (Å²) in [5.74, 6) is 0.825. The van der Waals surface area contributed by atoms with E-state index in [0.29, 0.717) is 6.61 Å². The lowest BCUT2D eigenvalue weighted by Gasteiger charge is -2.03. The molecule has 0 saturated carbocycles. The average Bonchev–Trinajstić information content (AvgIpc) is 2.03. The second-order valence-electron chi connectivity index (χ2n) is 2.62. The molecule has 1 rings (SSSR count). The van der Waals surface area contributed by atoms with Crippen molar-refractivity contribution in [1.29, 1.82) is 0 Å². The van der Waals surface area contributed by atoms with E-state index in [-0.39, 0.29) is 4.49 Å². The zero-order chi connectivity index (χ0) is 9.68. The van der Waals surface area contributed by atoms with Gasteiger partial charge in [0.2, 0.25) is 0 Å². The van der Waals surface area contributed by atoms with Crippen LogP contribution < -0.4 is 4.74 Å². The predicted molar refractivity (Wildman–Crippen MR) is 56.5 cm³/mol. The van der Waals surface area contributed by atoms with E-state index in [1.807, 2.05) is 31.2 Å². The Balaban J connectivity index is 2.50. The maximum atomic E-state index is 5.42. The minimum absolute atomic E-state index is 0.229. The highest BCUT2D eigenvalue weighted by atomic mass is 35.5. The molecule has 0 aliphatic heterocycles. The van der Waals surface area contributed by atoms with Crippen LogP contribution in [0.2, 0.25) is 0 Å². The van der Waals surface area contributed by atoms with E-state index in [4.69, 9.17) is 27.9 Å². The summed E-state index contributed by atoms with van der Waals surface area (Å²) in [5.41, 5.74) is 1.17. The zero-order valence-corrected chi connectivity index (χ0v) is 8.77. The van der Waals surface area contributed by atoms with Gasteiger partial charge in [-0.25, -0.2) is 0 Å². The Hall–Kier alpha value is -0.660. The minimum Gasteiger partial charge on any atom is -0.489 e. The fourth-order valence-corrected chi connectivity index (χ4v) is 1.03. The molecule has 1 aromatic rings. The third-order valence-electron chi connectivity index (χ3n) is 1.48. The van der Waals surface area contributed by atoms with Gasteiger partial charge in [0.1, 0.15) is 16.8 Å². The first kappa shape index (κ1) is 10.4. The first-order valence-corrected chi connectivity index (χ1v) is 4.64. The molecular weight excluding hydrogens is 207 g/mol. The third-order valence-corrected chi connectivity index (χ3v) is 1.79. The lowest BCUT2D eigenvalue weighted by molar-refractivity contribution is 0.362. The Morgan fingerprint density at radius 1 is 1.46 bits per heavy atom. The summed E-state index contributed by atoms with van der Waals surface area (Å²) in [6, 6.07) is 7.80. The number of rotatable bonds is 3. The Bertz CT molecular complexity index is 304. The van der Waals surface area contributed by atoms with E-state index in [9.17, 15) is 0 Å². The van der Waals surface area contributed by atoms with Crippen LogP contribution in [0, 0.1) is 6.92 Å². The van der Waals surface area contributed by atoms with Crippen molar-refractivity contribution in [2.75, 3.05) is 6.61 Å². The number of benzene rings is 1. The lowest BCUT2D eigenvalue weighted by Crippen LogP contribution is -1.93. The van der Waals surface area contributed by atoms with E-state index in [1.165, 1.54) is 5.56 Å². The van der Waals surface area contributed by atoms with Crippen LogP contribution in [0.15, 0.2) is 34.8 Å². The SMILES string of the molecule is Cc1cccc(OCC=C(Cl)Cl)c1. The van der Waals surface area contributed by atoms with Gasteiger partial charge in [0.15, 0.2) is 0 Å². The molecule has 13 heavy (non-hydrogen) atoms. The van der Waals surface area contributed by atoms with Gasteiger partial charge in [-0.1, -0.05) is 35.3 Å². The van der Waals surface area contributed by atoms with Crippen molar-refractivity contribution in [2.45, 2.75) is 6.92 Å². The molecule has 0 heterocycles. The molecule has 3 heteroatoms. The maximum Gasteiger partial charge on any atom is 0.120 e. The van der Waals surface area contributed by atoms with Crippen LogP contribution in [0.25, 0.3) is 0 Å². The fourth-order valence-electron chi connectivity index (χ4n) is 0.906. The van der Waals surface area contributed by atoms with Gasteiger partial charge in [0.05, 0.1) is 0 Å². The molecule has 0 bridgehead atoms. The predicted octanol–water partition coefficient (Wildman–Crippen LogP) is 3.69. The summed E-state index contributed by atoms with van der Waals surface area (Å²) < 4.78 is 5.58. The molecule has 0 amide bonds. The van der Waals surface area contributed by atoms with E-state index in [0.717, 1.165) is 5.75 Å². The van der Waals surface area contributed by atoms with Crippen LogP contribution in [0.4, 0.5) is 0 Å². The molecular formula is C10H10Cl2O. The normalized spacial score (nSPS) is 9.46. The highest BCUT2D eigenvalue weighted by Gasteiger charge is 1.91. The Kier molecular flexibility index (Phi) is 4.13. The van der Waals surface area contributed by atoms with E-state index in [2.05, 4.69) is 0 Å². The van der Waals surface area contributed by atoms with Crippen molar-refractivity contribution < 1.29 is 4.74 Å². The van der Waals surface area contributed by atoms with Crippen molar-refractivity contribution in [3.8, 4) is 5.75 Å². The van der Waals surface area contributed by atoms with Crippen LogP contribution in [0.5, 0.6) is 5.75 Å². The molecule has 0 radical (unpaired) electrons. The summed E-state index contributed by atoms with van der Waals surface area (Å²) in [5, 5.41) is 0. The van der Waals surface area contributed by atoms with Gasteiger partial charge < -0.3 is 4.74 Å². The van der Waals surface area contributed by atoms with Gasteiger partial charge >= 0.3 is 0 Å². The lowest BCUT2D eigenvalue weighted by atomic mass is 10.2. The van der Waals surface area contributed by atoms with Crippen LogP contribution in [0.1, 0.15) is 5.56 Å². The first-order chi connectivity index (χ1) is 6.18. The Morgan fingerprint density at radius 3 is 2.85 bits per heavy atom. The van der Waals surface area contributed by atoms with Gasteiger partial charge in [0.25, 0.3) is 0 Å². The Morgan fingerprint density at radius 2 is 2.23 bits per heavy atom. The molecule has 0 aromatic heterocycles. The number of ether oxygens (including phenoxy) is 1. The number of hydrogen-bond acceptors (Lipinski definition) is 1.